The molecule has 0 unspecified atom stereocenters. The first-order valence-corrected chi connectivity index (χ1v) is 6.30. The van der Waals surface area contributed by atoms with E-state index in [0.29, 0.717) is 6.54 Å². The molecule has 21 heavy (non-hydrogen) atoms. The van der Waals surface area contributed by atoms with E-state index in [4.69, 9.17) is 5.11 Å². The maximum absolute atomic E-state index is 11.5. The molecule has 0 aliphatic heterocycles. The predicted octanol–water partition coefficient (Wildman–Crippen LogP) is -0.963. The number of rotatable bonds is 6. The maximum Gasteiger partial charge on any atom is 0.322 e. The van der Waals surface area contributed by atoms with Crippen LogP contribution in [0, 0.1) is 13.8 Å². The van der Waals surface area contributed by atoms with Crippen molar-refractivity contribution < 1.29 is 19.5 Å². The first-order chi connectivity index (χ1) is 9.81. The van der Waals surface area contributed by atoms with Gasteiger partial charge in [-0.3, -0.25) is 14.3 Å². The lowest BCUT2D eigenvalue weighted by molar-refractivity contribution is -0.137. The average molecular weight is 297 g/mol. The lowest BCUT2D eigenvalue weighted by atomic mass is 10.2. The summed E-state index contributed by atoms with van der Waals surface area (Å²) < 4.78 is 1.73. The zero-order valence-electron chi connectivity index (χ0n) is 12.2. The van der Waals surface area contributed by atoms with Crippen molar-refractivity contribution >= 4 is 17.9 Å². The van der Waals surface area contributed by atoms with Crippen LogP contribution in [0.4, 0.5) is 4.79 Å². The van der Waals surface area contributed by atoms with E-state index in [1.165, 1.54) is 0 Å². The molecule has 1 heterocycles. The van der Waals surface area contributed by atoms with Crippen molar-refractivity contribution in [1.82, 2.24) is 25.7 Å². The van der Waals surface area contributed by atoms with Gasteiger partial charge in [0.05, 0.1) is 12.2 Å². The van der Waals surface area contributed by atoms with Crippen molar-refractivity contribution in [3.8, 4) is 0 Å². The Kier molecular flexibility index (Phi) is 5.70. The molecule has 0 saturated heterocycles. The second-order valence-electron chi connectivity index (χ2n) is 4.48. The molecule has 4 N–H and O–H groups in total. The molecule has 3 amide bonds. The summed E-state index contributed by atoms with van der Waals surface area (Å²) in [5, 5.41) is 19.7. The van der Waals surface area contributed by atoms with E-state index >= 15 is 0 Å². The van der Waals surface area contributed by atoms with Gasteiger partial charge in [0.2, 0.25) is 5.91 Å². The number of carbonyl (C=O) groups is 3. The van der Waals surface area contributed by atoms with Crippen LogP contribution in [0.25, 0.3) is 0 Å². The molecule has 1 rings (SSSR count). The van der Waals surface area contributed by atoms with Gasteiger partial charge in [-0.1, -0.05) is 0 Å². The van der Waals surface area contributed by atoms with E-state index in [-0.39, 0.29) is 6.54 Å². The predicted molar refractivity (Wildman–Crippen MR) is 73.6 cm³/mol. The summed E-state index contributed by atoms with van der Waals surface area (Å²) in [6, 6.07) is -0.511. The van der Waals surface area contributed by atoms with Crippen molar-refractivity contribution in [3.63, 3.8) is 0 Å². The topological polar surface area (TPSA) is 125 Å². The molecular weight excluding hydrogens is 278 g/mol. The Bertz CT molecular complexity index is 552. The lowest BCUT2D eigenvalue weighted by Gasteiger charge is -2.08. The van der Waals surface area contributed by atoms with Crippen LogP contribution in [0.1, 0.15) is 17.0 Å². The van der Waals surface area contributed by atoms with Crippen LogP contribution >= 0.6 is 0 Å². The molecule has 0 aliphatic carbocycles. The molecule has 9 nitrogen and oxygen atoms in total. The Hall–Kier alpha value is -2.58. The zero-order chi connectivity index (χ0) is 16.0. The second kappa shape index (κ2) is 7.27. The van der Waals surface area contributed by atoms with Gasteiger partial charge >= 0.3 is 12.0 Å². The van der Waals surface area contributed by atoms with Crippen LogP contribution in [0.5, 0.6) is 0 Å². The summed E-state index contributed by atoms with van der Waals surface area (Å²) in [5.41, 5.74) is 2.70. The SMILES string of the molecule is Cc1nn(C)c(C)c1CNC(=O)NCC(=O)NCC(=O)O. The Labute approximate surface area is 121 Å². The number of hydrogen-bond donors (Lipinski definition) is 4. The normalized spacial score (nSPS) is 10.0. The van der Waals surface area contributed by atoms with Gasteiger partial charge in [-0.2, -0.15) is 5.10 Å². The third-order valence-electron chi connectivity index (χ3n) is 2.93. The standard InChI is InChI=1S/C12H19N5O4/c1-7-9(8(2)17(3)16-7)4-14-12(21)15-5-10(18)13-6-11(19)20/h4-6H2,1-3H3,(H,13,18)(H,19,20)(H2,14,15,21). The fraction of sp³-hybridized carbons (Fsp3) is 0.500. The molecule has 0 atom stereocenters. The molecular formula is C12H19N5O4. The summed E-state index contributed by atoms with van der Waals surface area (Å²) in [6.45, 7) is 3.28. The molecule has 0 spiro atoms. The van der Waals surface area contributed by atoms with Crippen molar-refractivity contribution in [2.45, 2.75) is 20.4 Å². The van der Waals surface area contributed by atoms with E-state index in [1.807, 2.05) is 20.9 Å². The highest BCUT2D eigenvalue weighted by Crippen LogP contribution is 2.10. The van der Waals surface area contributed by atoms with E-state index < -0.39 is 24.5 Å². The van der Waals surface area contributed by atoms with Crippen LogP contribution < -0.4 is 16.0 Å². The summed E-state index contributed by atoms with van der Waals surface area (Å²) in [5.74, 6) is -1.71. The molecule has 0 aliphatic rings. The van der Waals surface area contributed by atoms with E-state index in [2.05, 4.69) is 21.0 Å². The lowest BCUT2D eigenvalue weighted by Crippen LogP contribution is -2.42. The Morgan fingerprint density at radius 1 is 1.14 bits per heavy atom. The molecule has 0 bridgehead atoms. The first kappa shape index (κ1) is 16.5. The van der Waals surface area contributed by atoms with Gasteiger partial charge in [0, 0.05) is 24.8 Å². The van der Waals surface area contributed by atoms with Crippen LogP contribution in [-0.4, -0.2) is 45.9 Å². The molecule has 1 aromatic rings. The molecule has 9 heteroatoms. The third kappa shape index (κ3) is 5.13. The highest BCUT2D eigenvalue weighted by molar-refractivity contribution is 5.86. The number of aliphatic carboxylic acids is 1. The smallest absolute Gasteiger partial charge is 0.322 e. The van der Waals surface area contributed by atoms with Gasteiger partial charge in [-0.25, -0.2) is 4.79 Å². The highest BCUT2D eigenvalue weighted by atomic mass is 16.4. The molecule has 1 aromatic heterocycles. The minimum Gasteiger partial charge on any atom is -0.480 e. The number of amides is 3. The van der Waals surface area contributed by atoms with Crippen molar-refractivity contribution in [2.75, 3.05) is 13.1 Å². The zero-order valence-corrected chi connectivity index (χ0v) is 12.2. The summed E-state index contributed by atoms with van der Waals surface area (Å²) in [7, 11) is 1.82. The molecule has 0 radical (unpaired) electrons. The van der Waals surface area contributed by atoms with Gasteiger partial charge in [-0.15, -0.1) is 0 Å². The van der Waals surface area contributed by atoms with Crippen molar-refractivity contribution in [3.05, 3.63) is 17.0 Å². The number of aromatic nitrogens is 2. The number of aryl methyl sites for hydroxylation is 2. The minimum atomic E-state index is -1.14. The number of hydrogen-bond acceptors (Lipinski definition) is 4. The fourth-order valence-electron chi connectivity index (χ4n) is 1.70. The highest BCUT2D eigenvalue weighted by Gasteiger charge is 2.11. The summed E-state index contributed by atoms with van der Waals surface area (Å²) >= 11 is 0. The van der Waals surface area contributed by atoms with Crippen LogP contribution in [-0.2, 0) is 23.2 Å². The van der Waals surface area contributed by atoms with Gasteiger partial charge < -0.3 is 21.1 Å². The van der Waals surface area contributed by atoms with Crippen molar-refractivity contribution in [1.29, 1.82) is 0 Å². The van der Waals surface area contributed by atoms with E-state index in [1.54, 1.807) is 4.68 Å². The van der Waals surface area contributed by atoms with E-state index in [0.717, 1.165) is 17.0 Å². The average Bonchev–Trinajstić information content (AvgIpc) is 2.65. The number of carbonyl (C=O) groups excluding carboxylic acids is 2. The molecule has 0 saturated carbocycles. The number of urea groups is 1. The Balaban J connectivity index is 2.34. The van der Waals surface area contributed by atoms with Gasteiger partial charge in [-0.05, 0) is 13.8 Å². The quantitative estimate of drug-likeness (QED) is 0.538. The van der Waals surface area contributed by atoms with Crippen LogP contribution in [0.3, 0.4) is 0 Å². The number of nitrogens with one attached hydrogen (secondary N) is 3. The van der Waals surface area contributed by atoms with Gasteiger partial charge in [0.1, 0.15) is 6.54 Å². The van der Waals surface area contributed by atoms with Gasteiger partial charge in [0.15, 0.2) is 0 Å². The van der Waals surface area contributed by atoms with Gasteiger partial charge in [0.25, 0.3) is 0 Å². The molecule has 0 aromatic carbocycles. The summed E-state index contributed by atoms with van der Waals surface area (Å²) in [4.78, 5) is 33.0. The largest absolute Gasteiger partial charge is 0.480 e. The number of carboxylic acids is 1. The summed E-state index contributed by atoms with van der Waals surface area (Å²) in [6.07, 6.45) is 0. The number of carboxylic acid groups (broad SMARTS) is 1. The fourth-order valence-corrected chi connectivity index (χ4v) is 1.70. The maximum atomic E-state index is 11.5. The van der Waals surface area contributed by atoms with E-state index in [9.17, 15) is 14.4 Å². The Morgan fingerprint density at radius 3 is 2.33 bits per heavy atom. The van der Waals surface area contributed by atoms with Crippen LogP contribution in [0.15, 0.2) is 0 Å². The minimum absolute atomic E-state index is 0.288. The van der Waals surface area contributed by atoms with Crippen LogP contribution in [0.2, 0.25) is 0 Å². The van der Waals surface area contributed by atoms with Crippen molar-refractivity contribution in [2.24, 2.45) is 7.05 Å². The number of nitrogens with zero attached hydrogens (tertiary/aromatic N) is 2. The first-order valence-electron chi connectivity index (χ1n) is 6.30. The third-order valence-corrected chi connectivity index (χ3v) is 2.93. The second-order valence-corrected chi connectivity index (χ2v) is 4.48. The molecule has 0 fully saturated rings. The monoisotopic (exact) mass is 297 g/mol. The molecule has 116 valence electrons. The Morgan fingerprint density at radius 2 is 1.81 bits per heavy atom.